The van der Waals surface area contributed by atoms with Crippen LogP contribution in [0.25, 0.3) is 0 Å². The van der Waals surface area contributed by atoms with E-state index < -0.39 is 11.0 Å². The Hall–Kier alpha value is -1.14. The van der Waals surface area contributed by atoms with Gasteiger partial charge >= 0.3 is 5.82 Å². The Balaban J connectivity index is 3.40. The van der Waals surface area contributed by atoms with Gasteiger partial charge in [-0.2, -0.15) is 0 Å². The summed E-state index contributed by atoms with van der Waals surface area (Å²) < 4.78 is 1.48. The smallest absolute Gasteiger partial charge is 0.346 e. The summed E-state index contributed by atoms with van der Waals surface area (Å²) in [4.78, 5) is 15.2. The van der Waals surface area contributed by atoms with E-state index in [2.05, 4.69) is 4.98 Å². The molecule has 6 nitrogen and oxygen atoms in total. The molecule has 19 heavy (non-hydrogen) atoms. The van der Waals surface area contributed by atoms with Gasteiger partial charge in [-0.05, 0) is 4.92 Å². The second-order valence-electron chi connectivity index (χ2n) is 5.16. The summed E-state index contributed by atoms with van der Waals surface area (Å²) in [5.74, 6) is 0.590. The molecule has 0 saturated carbocycles. The summed E-state index contributed by atoms with van der Waals surface area (Å²) in [5, 5.41) is 21.0. The Labute approximate surface area is 117 Å². The number of aromatic nitrogens is 2. The highest BCUT2D eigenvalue weighted by molar-refractivity contribution is 6.18. The minimum Gasteiger partial charge on any atom is -0.388 e. The van der Waals surface area contributed by atoms with Crippen LogP contribution in [0.2, 0.25) is 0 Å². The first-order valence-electron chi connectivity index (χ1n) is 6.28. The number of nitrogens with zero attached hydrogens (tertiary/aromatic N) is 3. The fourth-order valence-corrected chi connectivity index (χ4v) is 2.04. The van der Waals surface area contributed by atoms with E-state index in [1.165, 1.54) is 4.57 Å². The van der Waals surface area contributed by atoms with Gasteiger partial charge < -0.3 is 15.2 Å². The fraction of sp³-hybridized carbons (Fsp3) is 0.750. The van der Waals surface area contributed by atoms with E-state index in [1.807, 2.05) is 27.7 Å². The molecule has 0 spiro atoms. The molecule has 0 aliphatic rings. The molecule has 1 aromatic heterocycles. The predicted molar refractivity (Wildman–Crippen MR) is 73.8 cm³/mol. The van der Waals surface area contributed by atoms with E-state index in [4.69, 9.17) is 11.6 Å². The maximum atomic E-state index is 11.3. The zero-order chi connectivity index (χ0) is 14.7. The average Bonchev–Trinajstić information content (AvgIpc) is 2.68. The van der Waals surface area contributed by atoms with Gasteiger partial charge in [0.2, 0.25) is 0 Å². The first-order chi connectivity index (χ1) is 8.79. The van der Waals surface area contributed by atoms with E-state index >= 15 is 0 Å². The highest BCUT2D eigenvalue weighted by Crippen LogP contribution is 2.30. The van der Waals surface area contributed by atoms with Crippen LogP contribution in [0.4, 0.5) is 5.82 Å². The molecule has 0 bridgehead atoms. The maximum Gasteiger partial charge on any atom is 0.346 e. The van der Waals surface area contributed by atoms with Crippen molar-refractivity contribution in [3.8, 4) is 0 Å². The molecule has 0 amide bonds. The monoisotopic (exact) mass is 289 g/mol. The standard InChI is InChI=1S/C12H20ClN3O3/c1-7(2)10-12(16(18)19)15(6-9(17)5-13)11(14-10)8(3)4/h7-9,17H,5-6H2,1-4H3. The highest BCUT2D eigenvalue weighted by atomic mass is 35.5. The molecular formula is C12H20ClN3O3. The lowest BCUT2D eigenvalue weighted by Gasteiger charge is -2.10. The van der Waals surface area contributed by atoms with Gasteiger partial charge in [-0.3, -0.25) is 0 Å². The fourth-order valence-electron chi connectivity index (χ4n) is 1.94. The summed E-state index contributed by atoms with van der Waals surface area (Å²) in [5.41, 5.74) is 0.454. The quantitative estimate of drug-likeness (QED) is 0.496. The van der Waals surface area contributed by atoms with Crippen molar-refractivity contribution in [3.05, 3.63) is 21.6 Å². The SMILES string of the molecule is CC(C)c1nc(C(C)C)n(CC(O)CCl)c1[N+](=O)[O-]. The lowest BCUT2D eigenvalue weighted by atomic mass is 10.1. The number of rotatable bonds is 6. The Bertz CT molecular complexity index is 457. The van der Waals surface area contributed by atoms with Crippen LogP contribution >= 0.6 is 11.6 Å². The van der Waals surface area contributed by atoms with Crippen LogP contribution in [0.5, 0.6) is 0 Å². The molecule has 1 atom stereocenters. The molecule has 108 valence electrons. The molecule has 0 aromatic carbocycles. The zero-order valence-electron chi connectivity index (χ0n) is 11.6. The molecule has 1 aromatic rings. The van der Waals surface area contributed by atoms with Gasteiger partial charge in [0, 0.05) is 11.8 Å². The van der Waals surface area contributed by atoms with Gasteiger partial charge in [-0.15, -0.1) is 11.6 Å². The predicted octanol–water partition coefficient (Wildman–Crippen LogP) is 2.64. The van der Waals surface area contributed by atoms with Gasteiger partial charge in [0.05, 0.1) is 5.88 Å². The molecule has 7 heteroatoms. The van der Waals surface area contributed by atoms with Crippen molar-refractivity contribution >= 4 is 17.4 Å². The number of imidazole rings is 1. The van der Waals surface area contributed by atoms with Crippen LogP contribution in [-0.4, -0.2) is 31.6 Å². The average molecular weight is 290 g/mol. The van der Waals surface area contributed by atoms with Crippen LogP contribution < -0.4 is 0 Å². The van der Waals surface area contributed by atoms with Crippen molar-refractivity contribution < 1.29 is 10.0 Å². The molecule has 1 N–H and O–H groups in total. The summed E-state index contributed by atoms with van der Waals surface area (Å²) in [6.07, 6.45) is -0.827. The lowest BCUT2D eigenvalue weighted by molar-refractivity contribution is -0.393. The van der Waals surface area contributed by atoms with Crippen molar-refractivity contribution in [1.82, 2.24) is 9.55 Å². The molecule has 1 heterocycles. The van der Waals surface area contributed by atoms with Crippen molar-refractivity contribution in [2.24, 2.45) is 0 Å². The van der Waals surface area contributed by atoms with Crippen LogP contribution in [0, 0.1) is 10.1 Å². The zero-order valence-corrected chi connectivity index (χ0v) is 12.4. The largest absolute Gasteiger partial charge is 0.388 e. The van der Waals surface area contributed by atoms with Crippen molar-refractivity contribution in [2.75, 3.05) is 5.88 Å². The second-order valence-corrected chi connectivity index (χ2v) is 5.47. The first-order valence-corrected chi connectivity index (χ1v) is 6.81. The Morgan fingerprint density at radius 2 is 1.95 bits per heavy atom. The Morgan fingerprint density at radius 3 is 2.32 bits per heavy atom. The minimum absolute atomic E-state index is 0.0316. The molecule has 0 aliphatic carbocycles. The van der Waals surface area contributed by atoms with Crippen molar-refractivity contribution in [1.29, 1.82) is 0 Å². The van der Waals surface area contributed by atoms with E-state index in [-0.39, 0.29) is 30.1 Å². The van der Waals surface area contributed by atoms with Gasteiger partial charge in [0.25, 0.3) is 0 Å². The third-order valence-electron chi connectivity index (χ3n) is 2.80. The normalized spacial score (nSPS) is 13.3. The second kappa shape index (κ2) is 6.34. The third-order valence-corrected chi connectivity index (χ3v) is 3.16. The number of hydrogen-bond acceptors (Lipinski definition) is 4. The van der Waals surface area contributed by atoms with Gasteiger partial charge in [-0.1, -0.05) is 27.7 Å². The van der Waals surface area contributed by atoms with Crippen LogP contribution in [0.3, 0.4) is 0 Å². The van der Waals surface area contributed by atoms with Crippen LogP contribution in [0.1, 0.15) is 51.0 Å². The van der Waals surface area contributed by atoms with Crippen LogP contribution in [-0.2, 0) is 6.54 Å². The van der Waals surface area contributed by atoms with E-state index in [0.717, 1.165) is 0 Å². The summed E-state index contributed by atoms with van der Waals surface area (Å²) in [6, 6.07) is 0. The first kappa shape index (κ1) is 15.9. The van der Waals surface area contributed by atoms with Crippen molar-refractivity contribution in [3.63, 3.8) is 0 Å². The Kier molecular flexibility index (Phi) is 5.31. The molecule has 1 rings (SSSR count). The summed E-state index contributed by atoms with van der Waals surface area (Å²) >= 11 is 5.58. The number of nitro groups is 1. The number of aliphatic hydroxyl groups excluding tert-OH is 1. The van der Waals surface area contributed by atoms with E-state index in [0.29, 0.717) is 11.5 Å². The molecule has 0 aliphatic heterocycles. The van der Waals surface area contributed by atoms with Gasteiger partial charge in [0.1, 0.15) is 18.3 Å². The number of hydrogen-bond donors (Lipinski definition) is 1. The molecule has 0 fully saturated rings. The Morgan fingerprint density at radius 1 is 1.37 bits per heavy atom. The number of aliphatic hydroxyl groups is 1. The van der Waals surface area contributed by atoms with Crippen molar-refractivity contribution in [2.45, 2.75) is 52.2 Å². The van der Waals surface area contributed by atoms with E-state index in [9.17, 15) is 15.2 Å². The molecule has 0 saturated heterocycles. The van der Waals surface area contributed by atoms with Crippen LogP contribution in [0.15, 0.2) is 0 Å². The number of halogens is 1. The minimum atomic E-state index is -0.827. The third kappa shape index (κ3) is 3.45. The van der Waals surface area contributed by atoms with Gasteiger partial charge in [-0.25, -0.2) is 9.55 Å². The molecule has 1 unspecified atom stereocenters. The summed E-state index contributed by atoms with van der Waals surface area (Å²) in [7, 11) is 0. The summed E-state index contributed by atoms with van der Waals surface area (Å²) in [6.45, 7) is 7.65. The molecular weight excluding hydrogens is 270 g/mol. The van der Waals surface area contributed by atoms with E-state index in [1.54, 1.807) is 0 Å². The highest BCUT2D eigenvalue weighted by Gasteiger charge is 2.31. The number of alkyl halides is 1. The van der Waals surface area contributed by atoms with Gasteiger partial charge in [0.15, 0.2) is 5.82 Å². The lowest BCUT2D eigenvalue weighted by Crippen LogP contribution is -2.21. The topological polar surface area (TPSA) is 81.2 Å². The molecule has 0 radical (unpaired) electrons. The maximum absolute atomic E-state index is 11.3.